The zero-order valence-electron chi connectivity index (χ0n) is 6.18. The number of hydrogen-bond donors (Lipinski definition) is 1. The van der Waals surface area contributed by atoms with Crippen molar-refractivity contribution >= 4 is 0 Å². The molecule has 0 aliphatic carbocycles. The van der Waals surface area contributed by atoms with Crippen LogP contribution < -0.4 is 0 Å². The van der Waals surface area contributed by atoms with Crippen LogP contribution in [0.5, 0.6) is 0 Å². The van der Waals surface area contributed by atoms with Crippen LogP contribution in [-0.4, -0.2) is 24.3 Å². The molecule has 3 heteroatoms. The Balaban J connectivity index is 3.07. The largest absolute Gasteiger partial charge is 0.366 e. The van der Waals surface area contributed by atoms with Gasteiger partial charge in [0.15, 0.2) is 5.79 Å². The molecule has 9 heavy (non-hydrogen) atoms. The van der Waals surface area contributed by atoms with Gasteiger partial charge in [-0.3, -0.25) is 0 Å². The number of hydrogen-bond acceptors (Lipinski definition) is 3. The molecule has 0 heterocycles. The first-order valence-corrected chi connectivity index (χ1v) is 3.00. The Morgan fingerprint density at radius 2 is 2.00 bits per heavy atom. The maximum absolute atomic E-state index is 8.94. The molecule has 0 aliphatic rings. The fraction of sp³-hybridized carbons (Fsp3) is 1.00. The van der Waals surface area contributed by atoms with Crippen LogP contribution in [0.4, 0.5) is 0 Å². The van der Waals surface area contributed by atoms with Gasteiger partial charge in [-0.15, -0.1) is 0 Å². The second kappa shape index (κ2) is 3.82. The molecular formula is C6H14O3. The Labute approximate surface area is 55.6 Å². The summed E-state index contributed by atoms with van der Waals surface area (Å²) in [6.07, 6.45) is 0. The topological polar surface area (TPSA) is 38.7 Å². The maximum Gasteiger partial charge on any atom is 0.162 e. The van der Waals surface area contributed by atoms with Crippen molar-refractivity contribution in [3.63, 3.8) is 0 Å². The zero-order valence-corrected chi connectivity index (χ0v) is 6.18. The molecule has 0 aliphatic heterocycles. The van der Waals surface area contributed by atoms with E-state index < -0.39 is 5.79 Å². The third-order valence-corrected chi connectivity index (χ3v) is 0.700. The minimum Gasteiger partial charge on any atom is -0.366 e. The van der Waals surface area contributed by atoms with Gasteiger partial charge >= 0.3 is 0 Å². The summed E-state index contributed by atoms with van der Waals surface area (Å²) in [5, 5.41) is 8.94. The van der Waals surface area contributed by atoms with Crippen LogP contribution in [0.25, 0.3) is 0 Å². The lowest BCUT2D eigenvalue weighted by Gasteiger charge is -2.17. The Hall–Kier alpha value is -0.120. The highest BCUT2D eigenvalue weighted by Gasteiger charge is 2.10. The zero-order chi connectivity index (χ0) is 7.33. The molecule has 0 radical (unpaired) electrons. The van der Waals surface area contributed by atoms with Crippen LogP contribution in [0.15, 0.2) is 0 Å². The van der Waals surface area contributed by atoms with E-state index in [0.717, 1.165) is 0 Å². The number of aliphatic hydroxyl groups is 1. The SMILES string of the molecule is CCOCOC(C)(C)O. The van der Waals surface area contributed by atoms with Crippen LogP contribution in [0.2, 0.25) is 0 Å². The average Bonchev–Trinajstić information content (AvgIpc) is 1.63. The van der Waals surface area contributed by atoms with Crippen LogP contribution in [0.3, 0.4) is 0 Å². The Morgan fingerprint density at radius 3 is 2.33 bits per heavy atom. The van der Waals surface area contributed by atoms with Gasteiger partial charge < -0.3 is 14.6 Å². The van der Waals surface area contributed by atoms with Gasteiger partial charge in [-0.1, -0.05) is 0 Å². The minimum absolute atomic E-state index is 0.153. The van der Waals surface area contributed by atoms with Gasteiger partial charge in [0, 0.05) is 6.61 Å². The van der Waals surface area contributed by atoms with E-state index in [1.165, 1.54) is 0 Å². The number of rotatable bonds is 4. The first kappa shape index (κ1) is 8.88. The summed E-state index contributed by atoms with van der Waals surface area (Å²) in [7, 11) is 0. The molecule has 56 valence electrons. The molecule has 0 saturated heterocycles. The van der Waals surface area contributed by atoms with Crippen LogP contribution in [-0.2, 0) is 9.47 Å². The van der Waals surface area contributed by atoms with Crippen molar-refractivity contribution in [3.05, 3.63) is 0 Å². The summed E-state index contributed by atoms with van der Waals surface area (Å²) in [5.74, 6) is -1.07. The third kappa shape index (κ3) is 7.88. The van der Waals surface area contributed by atoms with E-state index in [1.54, 1.807) is 13.8 Å². The standard InChI is InChI=1S/C6H14O3/c1-4-8-5-9-6(2,3)7/h7H,4-5H2,1-3H3. The molecule has 0 bridgehead atoms. The second-order valence-corrected chi connectivity index (χ2v) is 2.20. The van der Waals surface area contributed by atoms with E-state index in [9.17, 15) is 0 Å². The van der Waals surface area contributed by atoms with Gasteiger partial charge in [0.05, 0.1) is 0 Å². The monoisotopic (exact) mass is 134 g/mol. The molecule has 0 aromatic carbocycles. The lowest BCUT2D eigenvalue weighted by Crippen LogP contribution is -2.24. The van der Waals surface area contributed by atoms with E-state index in [4.69, 9.17) is 14.6 Å². The first-order chi connectivity index (χ1) is 4.06. The second-order valence-electron chi connectivity index (χ2n) is 2.20. The number of ether oxygens (including phenoxy) is 2. The molecule has 3 nitrogen and oxygen atoms in total. The van der Waals surface area contributed by atoms with Crippen molar-refractivity contribution in [1.82, 2.24) is 0 Å². The highest BCUT2D eigenvalue weighted by Crippen LogP contribution is 2.01. The lowest BCUT2D eigenvalue weighted by atomic mass is 10.4. The summed E-state index contributed by atoms with van der Waals surface area (Å²) in [4.78, 5) is 0. The van der Waals surface area contributed by atoms with Gasteiger partial charge in [-0.2, -0.15) is 0 Å². The van der Waals surface area contributed by atoms with E-state index in [-0.39, 0.29) is 6.79 Å². The first-order valence-electron chi connectivity index (χ1n) is 3.00. The molecule has 1 N–H and O–H groups in total. The van der Waals surface area contributed by atoms with Crippen LogP contribution in [0.1, 0.15) is 20.8 Å². The molecular weight excluding hydrogens is 120 g/mol. The molecule has 0 fully saturated rings. The quantitative estimate of drug-likeness (QED) is 0.455. The van der Waals surface area contributed by atoms with Crippen LogP contribution in [0, 0.1) is 0 Å². The molecule has 0 unspecified atom stereocenters. The van der Waals surface area contributed by atoms with Crippen molar-refractivity contribution in [3.8, 4) is 0 Å². The molecule has 0 rings (SSSR count). The summed E-state index contributed by atoms with van der Waals surface area (Å²) < 4.78 is 9.63. The minimum atomic E-state index is -1.07. The maximum atomic E-state index is 8.94. The van der Waals surface area contributed by atoms with E-state index in [2.05, 4.69) is 0 Å². The molecule has 0 atom stereocenters. The summed E-state index contributed by atoms with van der Waals surface area (Å²) in [6.45, 7) is 5.75. The van der Waals surface area contributed by atoms with Gasteiger partial charge in [-0.05, 0) is 20.8 Å². The van der Waals surface area contributed by atoms with E-state index in [0.29, 0.717) is 6.61 Å². The Morgan fingerprint density at radius 1 is 1.44 bits per heavy atom. The highest BCUT2D eigenvalue weighted by atomic mass is 16.7. The fourth-order valence-corrected chi connectivity index (χ4v) is 0.269. The summed E-state index contributed by atoms with van der Waals surface area (Å²) >= 11 is 0. The van der Waals surface area contributed by atoms with Gasteiger partial charge in [0.2, 0.25) is 0 Å². The molecule has 0 aromatic heterocycles. The van der Waals surface area contributed by atoms with Gasteiger partial charge in [0.25, 0.3) is 0 Å². The normalized spacial score (nSPS) is 12.0. The summed E-state index contributed by atoms with van der Waals surface area (Å²) in [5.41, 5.74) is 0. The van der Waals surface area contributed by atoms with Crippen molar-refractivity contribution in [1.29, 1.82) is 0 Å². The van der Waals surface area contributed by atoms with Crippen molar-refractivity contribution in [2.24, 2.45) is 0 Å². The predicted molar refractivity (Wildman–Crippen MR) is 33.9 cm³/mol. The van der Waals surface area contributed by atoms with Gasteiger partial charge in [0.1, 0.15) is 6.79 Å². The van der Waals surface area contributed by atoms with Crippen molar-refractivity contribution < 1.29 is 14.6 Å². The smallest absolute Gasteiger partial charge is 0.162 e. The van der Waals surface area contributed by atoms with Crippen molar-refractivity contribution in [2.45, 2.75) is 26.6 Å². The molecule has 0 spiro atoms. The Kier molecular flexibility index (Phi) is 3.77. The van der Waals surface area contributed by atoms with Crippen LogP contribution >= 0.6 is 0 Å². The Bertz CT molecular complexity index is 65.2. The summed E-state index contributed by atoms with van der Waals surface area (Å²) in [6, 6.07) is 0. The molecule has 0 amide bonds. The highest BCUT2D eigenvalue weighted by molar-refractivity contribution is 4.44. The van der Waals surface area contributed by atoms with Crippen molar-refractivity contribution in [2.75, 3.05) is 13.4 Å². The van der Waals surface area contributed by atoms with Gasteiger partial charge in [-0.25, -0.2) is 0 Å². The molecule has 0 saturated carbocycles. The third-order valence-electron chi connectivity index (χ3n) is 0.700. The average molecular weight is 134 g/mol. The molecule has 0 aromatic rings. The van der Waals surface area contributed by atoms with E-state index in [1.807, 2.05) is 6.92 Å². The lowest BCUT2D eigenvalue weighted by molar-refractivity contribution is -0.225. The predicted octanol–water partition coefficient (Wildman–Crippen LogP) is 0.725. The fourth-order valence-electron chi connectivity index (χ4n) is 0.269. The van der Waals surface area contributed by atoms with E-state index >= 15 is 0 Å².